The van der Waals surface area contributed by atoms with Crippen LogP contribution in [0.3, 0.4) is 0 Å². The fraction of sp³-hybridized carbons (Fsp3) is 0.409. The summed E-state index contributed by atoms with van der Waals surface area (Å²) in [4.78, 5) is 34.6. The molecule has 7 nitrogen and oxygen atoms in total. The number of anilines is 1. The van der Waals surface area contributed by atoms with Crippen molar-refractivity contribution in [3.05, 3.63) is 59.3 Å². The molecule has 3 heterocycles. The van der Waals surface area contributed by atoms with Crippen molar-refractivity contribution in [1.29, 1.82) is 0 Å². The minimum atomic E-state index is -0.472. The number of rotatable bonds is 3. The number of likely N-dealkylation sites (tertiary alicyclic amines) is 1. The van der Waals surface area contributed by atoms with Crippen LogP contribution in [0.1, 0.15) is 27.5 Å². The number of pyridine rings is 1. The van der Waals surface area contributed by atoms with E-state index in [9.17, 15) is 9.59 Å². The van der Waals surface area contributed by atoms with Crippen molar-refractivity contribution in [2.75, 3.05) is 38.6 Å². The maximum absolute atomic E-state index is 12.9. The molecule has 2 aliphatic rings. The standard InChI is InChI=1S/C22H27N5O2/c1-14-6-4-5-7-17(14)20-18-13-26(19-9-8-15(10-24-19)21(23)28)11-16(18)12-27(20)22(29)25(2)3/h4-10,16,18,20H,11-13H2,1-3H3,(H2,23,28)/t16-,18-,20+/m1/s1. The number of benzene rings is 1. The van der Waals surface area contributed by atoms with Gasteiger partial charge in [0.15, 0.2) is 0 Å². The Labute approximate surface area is 171 Å². The first-order valence-electron chi connectivity index (χ1n) is 9.91. The largest absolute Gasteiger partial charge is 0.366 e. The van der Waals surface area contributed by atoms with Crippen LogP contribution >= 0.6 is 0 Å². The second-order valence-corrected chi connectivity index (χ2v) is 8.23. The van der Waals surface area contributed by atoms with Crippen LogP contribution in [0.2, 0.25) is 0 Å². The van der Waals surface area contributed by atoms with E-state index in [-0.39, 0.29) is 12.1 Å². The summed E-state index contributed by atoms with van der Waals surface area (Å²) in [5.41, 5.74) is 8.16. The summed E-state index contributed by atoms with van der Waals surface area (Å²) in [6.45, 7) is 4.51. The Hall–Kier alpha value is -3.09. The molecular formula is C22H27N5O2. The van der Waals surface area contributed by atoms with Gasteiger partial charge >= 0.3 is 6.03 Å². The smallest absolute Gasteiger partial charge is 0.320 e. The summed E-state index contributed by atoms with van der Waals surface area (Å²) in [6.07, 6.45) is 1.53. The highest BCUT2D eigenvalue weighted by Gasteiger charge is 2.50. The minimum absolute atomic E-state index is 0.0472. The summed E-state index contributed by atoms with van der Waals surface area (Å²) < 4.78 is 0. The minimum Gasteiger partial charge on any atom is -0.366 e. The Balaban J connectivity index is 1.63. The van der Waals surface area contributed by atoms with Gasteiger partial charge in [-0.2, -0.15) is 0 Å². The van der Waals surface area contributed by atoms with Crippen LogP contribution in [-0.4, -0.2) is 60.5 Å². The Bertz CT molecular complexity index is 927. The van der Waals surface area contributed by atoms with Gasteiger partial charge in [0, 0.05) is 51.8 Å². The van der Waals surface area contributed by atoms with Crippen molar-refractivity contribution in [3.63, 3.8) is 0 Å². The molecule has 0 aliphatic carbocycles. The molecule has 29 heavy (non-hydrogen) atoms. The molecule has 0 saturated carbocycles. The lowest BCUT2D eigenvalue weighted by Gasteiger charge is -2.32. The van der Waals surface area contributed by atoms with Gasteiger partial charge in [0.05, 0.1) is 11.6 Å². The highest BCUT2D eigenvalue weighted by molar-refractivity contribution is 5.92. The van der Waals surface area contributed by atoms with Gasteiger partial charge in [-0.25, -0.2) is 9.78 Å². The number of aromatic nitrogens is 1. The summed E-state index contributed by atoms with van der Waals surface area (Å²) in [6, 6.07) is 12.0. The van der Waals surface area contributed by atoms with Crippen LogP contribution in [0, 0.1) is 18.8 Å². The van der Waals surface area contributed by atoms with Gasteiger partial charge in [-0.05, 0) is 30.2 Å². The Morgan fingerprint density at radius 2 is 1.86 bits per heavy atom. The van der Waals surface area contributed by atoms with E-state index in [0.717, 1.165) is 25.5 Å². The maximum atomic E-state index is 12.9. The molecule has 2 aromatic rings. The summed E-state index contributed by atoms with van der Waals surface area (Å²) in [5.74, 6) is 1.08. The zero-order valence-corrected chi connectivity index (χ0v) is 17.1. The lowest BCUT2D eigenvalue weighted by atomic mass is 9.88. The Kier molecular flexibility index (Phi) is 4.90. The molecular weight excluding hydrogens is 366 g/mol. The molecule has 2 saturated heterocycles. The van der Waals surface area contributed by atoms with E-state index < -0.39 is 5.91 Å². The van der Waals surface area contributed by atoms with Crippen molar-refractivity contribution in [1.82, 2.24) is 14.8 Å². The van der Waals surface area contributed by atoms with Gasteiger partial charge in [-0.3, -0.25) is 4.79 Å². The Morgan fingerprint density at radius 3 is 2.48 bits per heavy atom. The van der Waals surface area contributed by atoms with E-state index in [1.165, 1.54) is 17.3 Å². The number of nitrogens with two attached hydrogens (primary N) is 1. The van der Waals surface area contributed by atoms with Crippen LogP contribution in [0.4, 0.5) is 10.6 Å². The molecule has 0 radical (unpaired) electrons. The average molecular weight is 393 g/mol. The number of carbonyl (C=O) groups is 2. The first-order chi connectivity index (χ1) is 13.9. The van der Waals surface area contributed by atoms with Crippen LogP contribution in [0.5, 0.6) is 0 Å². The topological polar surface area (TPSA) is 82.8 Å². The van der Waals surface area contributed by atoms with E-state index >= 15 is 0 Å². The molecule has 0 bridgehead atoms. The van der Waals surface area contributed by atoms with E-state index in [1.807, 2.05) is 37.2 Å². The second kappa shape index (κ2) is 7.39. The fourth-order valence-corrected chi connectivity index (χ4v) is 4.72. The number of fused-ring (bicyclic) bond motifs is 1. The first-order valence-corrected chi connectivity index (χ1v) is 9.91. The van der Waals surface area contributed by atoms with Crippen LogP contribution < -0.4 is 10.6 Å². The normalized spacial score (nSPS) is 23.2. The number of hydrogen-bond donors (Lipinski definition) is 1. The molecule has 4 rings (SSSR count). The predicted molar refractivity (Wildman–Crippen MR) is 112 cm³/mol. The van der Waals surface area contributed by atoms with Gasteiger partial charge in [0.1, 0.15) is 5.82 Å². The van der Waals surface area contributed by atoms with E-state index in [4.69, 9.17) is 5.73 Å². The molecule has 152 valence electrons. The van der Waals surface area contributed by atoms with Gasteiger partial charge in [0.25, 0.3) is 0 Å². The number of amides is 3. The average Bonchev–Trinajstić information content (AvgIpc) is 3.26. The zero-order valence-electron chi connectivity index (χ0n) is 17.1. The SMILES string of the molecule is Cc1ccccc1[C@H]1[C@@H]2CN(c3ccc(C(N)=O)cn3)C[C@@H]2CN1C(=O)N(C)C. The number of primary amides is 1. The highest BCUT2D eigenvalue weighted by atomic mass is 16.2. The lowest BCUT2D eigenvalue weighted by molar-refractivity contribution is 0.1000. The van der Waals surface area contributed by atoms with Crippen LogP contribution in [-0.2, 0) is 0 Å². The predicted octanol–water partition coefficient (Wildman–Crippen LogP) is 2.28. The molecule has 0 unspecified atom stereocenters. The summed E-state index contributed by atoms with van der Waals surface area (Å²) in [5, 5.41) is 0. The molecule has 3 atom stereocenters. The van der Waals surface area contributed by atoms with Crippen molar-refractivity contribution < 1.29 is 9.59 Å². The molecule has 3 amide bonds. The van der Waals surface area contributed by atoms with E-state index in [1.54, 1.807) is 11.0 Å². The third-order valence-corrected chi connectivity index (χ3v) is 6.16. The molecule has 2 fully saturated rings. The van der Waals surface area contributed by atoms with Crippen molar-refractivity contribution in [2.24, 2.45) is 17.6 Å². The number of nitrogens with zero attached hydrogens (tertiary/aromatic N) is 4. The molecule has 2 N–H and O–H groups in total. The summed E-state index contributed by atoms with van der Waals surface area (Å²) >= 11 is 0. The highest BCUT2D eigenvalue weighted by Crippen LogP contribution is 2.46. The molecule has 7 heteroatoms. The third-order valence-electron chi connectivity index (χ3n) is 6.16. The lowest BCUT2D eigenvalue weighted by Crippen LogP contribution is -2.41. The van der Waals surface area contributed by atoms with E-state index in [0.29, 0.717) is 17.4 Å². The number of carbonyl (C=O) groups excluding carboxylic acids is 2. The van der Waals surface area contributed by atoms with Gasteiger partial charge in [-0.1, -0.05) is 24.3 Å². The maximum Gasteiger partial charge on any atom is 0.320 e. The molecule has 1 aromatic carbocycles. The number of hydrogen-bond acceptors (Lipinski definition) is 4. The second-order valence-electron chi connectivity index (χ2n) is 8.23. The first kappa shape index (κ1) is 19.2. The fourth-order valence-electron chi connectivity index (χ4n) is 4.72. The third kappa shape index (κ3) is 3.41. The summed E-state index contributed by atoms with van der Waals surface area (Å²) in [7, 11) is 3.61. The van der Waals surface area contributed by atoms with Crippen LogP contribution in [0.15, 0.2) is 42.6 Å². The number of urea groups is 1. The van der Waals surface area contributed by atoms with Crippen LogP contribution in [0.25, 0.3) is 0 Å². The van der Waals surface area contributed by atoms with Gasteiger partial charge < -0.3 is 20.4 Å². The molecule has 1 aromatic heterocycles. The van der Waals surface area contributed by atoms with Gasteiger partial charge in [0.2, 0.25) is 5.91 Å². The Morgan fingerprint density at radius 1 is 1.10 bits per heavy atom. The zero-order chi connectivity index (χ0) is 20.7. The van der Waals surface area contributed by atoms with Crippen molar-refractivity contribution in [3.8, 4) is 0 Å². The van der Waals surface area contributed by atoms with Crippen molar-refractivity contribution >= 4 is 17.8 Å². The van der Waals surface area contributed by atoms with Gasteiger partial charge in [-0.15, -0.1) is 0 Å². The van der Waals surface area contributed by atoms with E-state index in [2.05, 4.69) is 28.9 Å². The number of aryl methyl sites for hydroxylation is 1. The monoisotopic (exact) mass is 393 g/mol. The van der Waals surface area contributed by atoms with Crippen molar-refractivity contribution in [2.45, 2.75) is 13.0 Å². The molecule has 0 spiro atoms. The quantitative estimate of drug-likeness (QED) is 0.867. The molecule has 2 aliphatic heterocycles.